The molecular formula is C59H130. The van der Waals surface area contributed by atoms with Gasteiger partial charge in [-0.3, -0.25) is 0 Å². The van der Waals surface area contributed by atoms with E-state index in [0.29, 0.717) is 16.2 Å². The normalized spacial score (nSPS) is 18.8. The molecule has 0 heterocycles. The lowest BCUT2D eigenvalue weighted by molar-refractivity contribution is 0.349. The van der Waals surface area contributed by atoms with Gasteiger partial charge >= 0.3 is 0 Å². The topological polar surface area (TPSA) is 0 Å². The molecule has 0 bridgehead atoms. The van der Waals surface area contributed by atoms with Crippen molar-refractivity contribution in [2.75, 3.05) is 0 Å². The lowest BCUT2D eigenvalue weighted by atomic mass is 9.88. The van der Waals surface area contributed by atoms with E-state index in [1.165, 1.54) is 167 Å². The number of rotatable bonds is 3. The van der Waals surface area contributed by atoms with Crippen molar-refractivity contribution in [1.29, 1.82) is 0 Å². The molecule has 59 heavy (non-hydrogen) atoms. The van der Waals surface area contributed by atoms with Crippen molar-refractivity contribution in [2.24, 2.45) is 51.8 Å². The molecule has 0 unspecified atom stereocenters. The van der Waals surface area contributed by atoms with Crippen LogP contribution in [-0.2, 0) is 0 Å². The van der Waals surface area contributed by atoms with Crippen LogP contribution in [0.25, 0.3) is 0 Å². The van der Waals surface area contributed by atoms with E-state index in [0.717, 1.165) is 35.5 Å². The molecule has 0 saturated heterocycles. The van der Waals surface area contributed by atoms with Gasteiger partial charge in [-0.1, -0.05) is 320 Å². The molecule has 366 valence electrons. The van der Waals surface area contributed by atoms with Crippen LogP contribution in [0.4, 0.5) is 0 Å². The van der Waals surface area contributed by atoms with Crippen LogP contribution in [0.15, 0.2) is 0 Å². The summed E-state index contributed by atoms with van der Waals surface area (Å²) in [5, 5.41) is 0. The van der Waals surface area contributed by atoms with Gasteiger partial charge in [0.2, 0.25) is 0 Å². The van der Waals surface area contributed by atoms with Crippen molar-refractivity contribution in [3.05, 3.63) is 0 Å². The largest absolute Gasteiger partial charge is 0.0683 e. The van der Waals surface area contributed by atoms with Crippen molar-refractivity contribution in [1.82, 2.24) is 0 Å². The summed E-state index contributed by atoms with van der Waals surface area (Å²) in [6.07, 6.45) is 38.2. The van der Waals surface area contributed by atoms with E-state index < -0.39 is 0 Å². The molecule has 5 aliphatic carbocycles. The fourth-order valence-electron chi connectivity index (χ4n) is 6.78. The molecule has 5 rings (SSSR count). The van der Waals surface area contributed by atoms with Gasteiger partial charge in [-0.25, -0.2) is 0 Å². The second-order valence-corrected chi connectivity index (χ2v) is 23.4. The van der Waals surface area contributed by atoms with E-state index in [1.807, 2.05) is 27.7 Å². The monoisotopic (exact) mass is 839 g/mol. The first kappa shape index (κ1) is 70.7. The molecule has 0 N–H and O–H groups in total. The maximum absolute atomic E-state index is 2.36. The van der Waals surface area contributed by atoms with Gasteiger partial charge in [0, 0.05) is 0 Å². The molecule has 5 saturated carbocycles. The van der Waals surface area contributed by atoms with E-state index in [1.54, 1.807) is 0 Å². The third-order valence-corrected chi connectivity index (χ3v) is 11.7. The van der Waals surface area contributed by atoms with Crippen LogP contribution in [0.5, 0.6) is 0 Å². The molecule has 0 spiro atoms. The van der Waals surface area contributed by atoms with E-state index in [-0.39, 0.29) is 0 Å². The summed E-state index contributed by atoms with van der Waals surface area (Å²) in [6, 6.07) is 0. The molecule has 0 nitrogen and oxygen atoms in total. The molecule has 0 aromatic carbocycles. The van der Waals surface area contributed by atoms with Gasteiger partial charge in [-0.15, -0.1) is 0 Å². The highest BCUT2D eigenvalue weighted by Gasteiger charge is 2.22. The second kappa shape index (κ2) is 49.0. The Morgan fingerprint density at radius 3 is 0.746 bits per heavy atom. The van der Waals surface area contributed by atoms with E-state index in [4.69, 9.17) is 0 Å². The zero-order chi connectivity index (χ0) is 47.3. The van der Waals surface area contributed by atoms with Gasteiger partial charge < -0.3 is 0 Å². The van der Waals surface area contributed by atoms with Crippen LogP contribution in [0.3, 0.4) is 0 Å². The Bertz CT molecular complexity index is 671. The lowest BCUT2D eigenvalue weighted by Crippen LogP contribution is -2.03. The van der Waals surface area contributed by atoms with Gasteiger partial charge in [-0.2, -0.15) is 0 Å². The SMILES string of the molecule is CC.CC.CC(C)(C)C.CC(C)C.CC1(C)CCCC1.CC1CCCC1.CC1CCCCC1.CCC(C)(C)C.CCC(C)C.CCC1CCCC1.CCC1CCCCC1. The van der Waals surface area contributed by atoms with Crippen molar-refractivity contribution in [3.63, 3.8) is 0 Å². The van der Waals surface area contributed by atoms with E-state index in [9.17, 15) is 0 Å². The van der Waals surface area contributed by atoms with Crippen molar-refractivity contribution in [3.8, 4) is 0 Å². The average molecular weight is 840 g/mol. The van der Waals surface area contributed by atoms with Crippen LogP contribution in [0.2, 0.25) is 0 Å². The molecule has 5 aliphatic rings. The Morgan fingerprint density at radius 2 is 0.644 bits per heavy atom. The number of hydrogen-bond donors (Lipinski definition) is 0. The fourth-order valence-corrected chi connectivity index (χ4v) is 6.78. The first-order valence-electron chi connectivity index (χ1n) is 27.4. The zero-order valence-corrected chi connectivity index (χ0v) is 47.3. The van der Waals surface area contributed by atoms with Gasteiger partial charge in [-0.05, 0) is 64.6 Å². The van der Waals surface area contributed by atoms with Crippen molar-refractivity contribution >= 4 is 0 Å². The Hall–Kier alpha value is 0. The highest BCUT2D eigenvalue weighted by Crippen LogP contribution is 2.36. The fraction of sp³-hybridized carbons (Fsp3) is 1.00. The van der Waals surface area contributed by atoms with Crippen LogP contribution in [0, 0.1) is 51.8 Å². The summed E-state index contributed by atoms with van der Waals surface area (Å²) in [6.45, 7) is 52.9. The zero-order valence-electron chi connectivity index (χ0n) is 47.3. The Labute approximate surface area is 383 Å². The van der Waals surface area contributed by atoms with E-state index in [2.05, 4.69) is 138 Å². The van der Waals surface area contributed by atoms with Gasteiger partial charge in [0.1, 0.15) is 0 Å². The molecule has 0 aliphatic heterocycles. The Morgan fingerprint density at radius 1 is 0.441 bits per heavy atom. The molecule has 0 radical (unpaired) electrons. The molecule has 5 fully saturated rings. The molecule has 0 atom stereocenters. The first-order valence-corrected chi connectivity index (χ1v) is 27.4. The minimum absolute atomic E-state index is 0.500. The summed E-state index contributed by atoms with van der Waals surface area (Å²) in [7, 11) is 0. The standard InChI is InChI=1S/C8H16.3C7H14.C6H12.C6H14.2C5H12.C4H10.2C2H6/c1-2-8-6-4-3-5-7-8;1-7(2)5-3-4-6-7;1-7-5-3-2-4-6-7;1-2-7-5-3-4-6-7;1-6-4-2-3-5-6;1-5-6(2,3)4;1-5(2,3)4;1-4-5(2)3;1-4(2)3;2*1-2/h8H,2-7H2,1H3;3-6H2,1-2H3;2*7H,2-6H2,1H3;6H,2-5H2,1H3;5H2,1-4H3;1-4H3;5H,4H2,1-3H3;4H,1-3H3;2*1-2H3. The van der Waals surface area contributed by atoms with Gasteiger partial charge in [0.05, 0.1) is 0 Å². The lowest BCUT2D eigenvalue weighted by Gasteiger charge is -2.18. The Kier molecular flexibility index (Phi) is 58.7. The van der Waals surface area contributed by atoms with Crippen molar-refractivity contribution < 1.29 is 0 Å². The maximum atomic E-state index is 2.36. The van der Waals surface area contributed by atoms with E-state index >= 15 is 0 Å². The molecule has 0 aromatic rings. The predicted octanol–water partition coefficient (Wildman–Crippen LogP) is 23.2. The van der Waals surface area contributed by atoms with Gasteiger partial charge in [0.25, 0.3) is 0 Å². The maximum Gasteiger partial charge on any atom is -0.0354 e. The Balaban J connectivity index is -0.000000133. The smallest absolute Gasteiger partial charge is 0.0354 e. The minimum Gasteiger partial charge on any atom is -0.0683 e. The van der Waals surface area contributed by atoms with Crippen LogP contribution in [0.1, 0.15) is 333 Å². The first-order chi connectivity index (χ1) is 27.4. The van der Waals surface area contributed by atoms with Crippen LogP contribution in [-0.4, -0.2) is 0 Å². The highest BCUT2D eigenvalue weighted by molar-refractivity contribution is 4.74. The summed E-state index contributed by atoms with van der Waals surface area (Å²) in [5.41, 5.74) is 1.74. The quantitative estimate of drug-likeness (QED) is 0.266. The van der Waals surface area contributed by atoms with Crippen LogP contribution < -0.4 is 0 Å². The minimum atomic E-state index is 0.500. The van der Waals surface area contributed by atoms with Crippen molar-refractivity contribution in [2.45, 2.75) is 333 Å². The van der Waals surface area contributed by atoms with Crippen LogP contribution >= 0.6 is 0 Å². The summed E-state index contributed by atoms with van der Waals surface area (Å²) in [4.78, 5) is 0. The molecule has 0 aromatic heterocycles. The summed E-state index contributed by atoms with van der Waals surface area (Å²) >= 11 is 0. The third kappa shape index (κ3) is 78.9. The third-order valence-electron chi connectivity index (χ3n) is 11.7. The summed E-state index contributed by atoms with van der Waals surface area (Å²) < 4.78 is 0. The second-order valence-electron chi connectivity index (χ2n) is 23.4. The highest BCUT2D eigenvalue weighted by atomic mass is 14.3. The average Bonchev–Trinajstić information content (AvgIpc) is 3.98. The van der Waals surface area contributed by atoms with Gasteiger partial charge in [0.15, 0.2) is 0 Å². The summed E-state index contributed by atoms with van der Waals surface area (Å²) in [5.74, 6) is 5.98. The number of hydrogen-bond acceptors (Lipinski definition) is 0. The molecular weight excluding hydrogens is 709 g/mol. The predicted molar refractivity (Wildman–Crippen MR) is 284 cm³/mol. The molecule has 0 heteroatoms. The molecule has 0 amide bonds.